The van der Waals surface area contributed by atoms with Crippen LogP contribution in [0.5, 0.6) is 5.75 Å². The topological polar surface area (TPSA) is 126 Å². The lowest BCUT2D eigenvalue weighted by Crippen LogP contribution is -2.48. The summed E-state index contributed by atoms with van der Waals surface area (Å²) in [4.78, 5) is 13.7. The van der Waals surface area contributed by atoms with Crippen molar-refractivity contribution in [2.24, 2.45) is 0 Å². The van der Waals surface area contributed by atoms with Gasteiger partial charge in [-0.3, -0.25) is 18.2 Å². The Morgan fingerprint density at radius 2 is 1.86 bits per heavy atom. The third kappa shape index (κ3) is 8.76. The van der Waals surface area contributed by atoms with Crippen molar-refractivity contribution in [1.29, 1.82) is 0 Å². The minimum atomic E-state index is -2.96. The summed E-state index contributed by atoms with van der Waals surface area (Å²) >= 11 is 6.22. The van der Waals surface area contributed by atoms with E-state index in [0.29, 0.717) is 53.8 Å². The fourth-order valence-electron chi connectivity index (χ4n) is 5.04. The van der Waals surface area contributed by atoms with Crippen molar-refractivity contribution in [2.45, 2.75) is 44.9 Å². The van der Waals surface area contributed by atoms with E-state index in [0.717, 1.165) is 29.7 Å². The van der Waals surface area contributed by atoms with Gasteiger partial charge in [0.1, 0.15) is 5.75 Å². The molecule has 0 aromatic heterocycles. The van der Waals surface area contributed by atoms with Gasteiger partial charge in [-0.25, -0.2) is 0 Å². The maximum atomic E-state index is 13.7. The number of carbonyl (C=O) groups excluding carboxylic acids is 1. The van der Waals surface area contributed by atoms with Gasteiger partial charge in [-0.05, 0) is 79.8 Å². The Morgan fingerprint density at radius 3 is 2.60 bits per heavy atom. The first-order chi connectivity index (χ1) is 20.2. The van der Waals surface area contributed by atoms with Crippen molar-refractivity contribution in [3.05, 3.63) is 88.4 Å². The van der Waals surface area contributed by atoms with Crippen LogP contribution in [0.25, 0.3) is 0 Å². The highest BCUT2D eigenvalue weighted by Crippen LogP contribution is 2.50. The largest absolute Gasteiger partial charge is 0.497 e. The van der Waals surface area contributed by atoms with Gasteiger partial charge in [0.25, 0.3) is 5.91 Å². The predicted octanol–water partition coefficient (Wildman–Crippen LogP) is 5.54. The van der Waals surface area contributed by atoms with Crippen LogP contribution < -0.4 is 25.0 Å². The molecule has 1 aliphatic rings. The molecule has 0 unspecified atom stereocenters. The van der Waals surface area contributed by atoms with Crippen molar-refractivity contribution in [3.8, 4) is 5.75 Å². The number of nitrogens with one attached hydrogen (secondary N) is 3. The SMILES string of the molecule is CCNc1cc(C(=O)N[C@@H](Cc2cccc(Cl)c2)[C@H](O)CNCc2cccc(OC)c2)cc(N2CCCCS2(O)O)c1. The van der Waals surface area contributed by atoms with E-state index < -0.39 is 22.9 Å². The number of amides is 1. The van der Waals surface area contributed by atoms with E-state index in [9.17, 15) is 19.0 Å². The number of rotatable bonds is 13. The molecule has 3 aromatic rings. The normalized spacial score (nSPS) is 16.8. The van der Waals surface area contributed by atoms with Crippen LogP contribution >= 0.6 is 22.4 Å². The summed E-state index contributed by atoms with van der Waals surface area (Å²) in [5.74, 6) is 0.686. The van der Waals surface area contributed by atoms with Gasteiger partial charge in [-0.1, -0.05) is 35.9 Å². The fourth-order valence-corrected chi connectivity index (χ4v) is 6.93. The lowest BCUT2D eigenvalue weighted by atomic mass is 10.00. The van der Waals surface area contributed by atoms with E-state index in [1.807, 2.05) is 55.5 Å². The number of aliphatic hydroxyl groups is 1. The van der Waals surface area contributed by atoms with Crippen LogP contribution in [-0.2, 0) is 13.0 Å². The first-order valence-electron chi connectivity index (χ1n) is 14.2. The number of methoxy groups -OCH3 is 1. The molecular formula is C31H41ClN4O5S. The number of benzene rings is 3. The summed E-state index contributed by atoms with van der Waals surface area (Å²) in [5.41, 5.74) is 3.52. The van der Waals surface area contributed by atoms with Gasteiger partial charge in [0.15, 0.2) is 0 Å². The number of carbonyl (C=O) groups is 1. The van der Waals surface area contributed by atoms with Crippen molar-refractivity contribution < 1.29 is 23.7 Å². The van der Waals surface area contributed by atoms with Crippen molar-refractivity contribution in [1.82, 2.24) is 10.6 Å². The fraction of sp³-hybridized carbons (Fsp3) is 0.387. The lowest BCUT2D eigenvalue weighted by Gasteiger charge is -2.47. The van der Waals surface area contributed by atoms with Crippen LogP contribution in [0.2, 0.25) is 5.02 Å². The van der Waals surface area contributed by atoms with E-state index in [2.05, 4.69) is 16.0 Å². The summed E-state index contributed by atoms with van der Waals surface area (Å²) in [6, 6.07) is 19.7. The highest BCUT2D eigenvalue weighted by atomic mass is 35.5. The molecule has 0 aliphatic carbocycles. The van der Waals surface area contributed by atoms with E-state index in [1.54, 1.807) is 29.6 Å². The summed E-state index contributed by atoms with van der Waals surface area (Å²) in [6.07, 6.45) is 1.03. The molecule has 1 heterocycles. The molecule has 228 valence electrons. The number of halogens is 1. The molecule has 42 heavy (non-hydrogen) atoms. The van der Waals surface area contributed by atoms with E-state index in [4.69, 9.17) is 16.3 Å². The van der Waals surface area contributed by atoms with Crippen LogP contribution in [0.4, 0.5) is 11.4 Å². The van der Waals surface area contributed by atoms with Crippen molar-refractivity contribution in [3.63, 3.8) is 0 Å². The summed E-state index contributed by atoms with van der Waals surface area (Å²) < 4.78 is 28.3. The van der Waals surface area contributed by atoms with Crippen LogP contribution in [0.3, 0.4) is 0 Å². The van der Waals surface area contributed by atoms with Crippen LogP contribution in [0.1, 0.15) is 41.3 Å². The molecule has 6 N–H and O–H groups in total. The van der Waals surface area contributed by atoms with Gasteiger partial charge in [-0.2, -0.15) is 0 Å². The zero-order valence-corrected chi connectivity index (χ0v) is 25.6. The Balaban J connectivity index is 1.54. The third-order valence-corrected chi connectivity index (χ3v) is 9.34. The van der Waals surface area contributed by atoms with E-state index in [1.165, 1.54) is 0 Å². The Hall–Kier alpha value is -2.99. The average Bonchev–Trinajstić information content (AvgIpc) is 2.96. The molecule has 1 aliphatic heterocycles. The number of hydrogen-bond acceptors (Lipinski definition) is 8. The second-order valence-corrected chi connectivity index (χ2v) is 13.0. The van der Waals surface area contributed by atoms with E-state index in [-0.39, 0.29) is 12.5 Å². The molecular weight excluding hydrogens is 576 g/mol. The van der Waals surface area contributed by atoms with Gasteiger partial charge in [-0.15, -0.1) is 10.8 Å². The quantitative estimate of drug-likeness (QED) is 0.148. The van der Waals surface area contributed by atoms with E-state index >= 15 is 0 Å². The Morgan fingerprint density at radius 1 is 1.07 bits per heavy atom. The molecule has 0 bridgehead atoms. The van der Waals surface area contributed by atoms with Crippen molar-refractivity contribution >= 4 is 39.7 Å². The Bertz CT molecular complexity index is 1340. The minimum Gasteiger partial charge on any atom is -0.497 e. The summed E-state index contributed by atoms with van der Waals surface area (Å²) in [7, 11) is -1.35. The lowest BCUT2D eigenvalue weighted by molar-refractivity contribution is 0.0830. The summed E-state index contributed by atoms with van der Waals surface area (Å²) in [5, 5.41) is 21.4. The van der Waals surface area contributed by atoms with Gasteiger partial charge in [0.2, 0.25) is 0 Å². The first kappa shape index (κ1) is 31.9. The minimum absolute atomic E-state index is 0.236. The Labute approximate surface area is 254 Å². The zero-order chi connectivity index (χ0) is 30.1. The maximum Gasteiger partial charge on any atom is 0.251 e. The molecule has 2 atom stereocenters. The number of hydrogen-bond donors (Lipinski definition) is 6. The highest BCUT2D eigenvalue weighted by Gasteiger charge is 2.28. The molecule has 4 rings (SSSR count). The number of ether oxygens (including phenoxy) is 1. The monoisotopic (exact) mass is 616 g/mol. The summed E-state index contributed by atoms with van der Waals surface area (Å²) in [6.45, 7) is 3.84. The number of anilines is 2. The van der Waals surface area contributed by atoms with Crippen LogP contribution in [0.15, 0.2) is 66.7 Å². The molecule has 11 heteroatoms. The van der Waals surface area contributed by atoms with Gasteiger partial charge < -0.3 is 25.8 Å². The molecule has 1 saturated heterocycles. The molecule has 3 aromatic carbocycles. The Kier molecular flexibility index (Phi) is 11.4. The standard InChI is InChI=1S/C31H41ClN4O5S/c1-3-34-26-17-24(18-27(19-26)36-12-4-5-13-42(36,39)40)31(38)35-29(16-22-8-6-10-25(32)14-22)30(37)21-33-20-23-9-7-11-28(15-23)41-2/h6-11,14-15,17-19,29-30,33-34,37,39-40H,3-5,12-13,16,20-21H2,1-2H3,(H,35,38)/t29-,30+/m0/s1. The predicted molar refractivity (Wildman–Crippen MR) is 172 cm³/mol. The molecule has 0 saturated carbocycles. The number of nitrogens with zero attached hydrogens (tertiary/aromatic N) is 1. The van der Waals surface area contributed by atoms with Crippen molar-refractivity contribution in [2.75, 3.05) is 42.1 Å². The van der Waals surface area contributed by atoms with Gasteiger partial charge >= 0.3 is 0 Å². The number of aliphatic hydroxyl groups excluding tert-OH is 1. The molecule has 1 amide bonds. The van der Waals surface area contributed by atoms with Crippen LogP contribution in [-0.4, -0.2) is 64.8 Å². The smallest absolute Gasteiger partial charge is 0.251 e. The second-order valence-electron chi connectivity index (χ2n) is 10.4. The second kappa shape index (κ2) is 15.0. The molecule has 9 nitrogen and oxygen atoms in total. The maximum absolute atomic E-state index is 13.7. The van der Waals surface area contributed by atoms with Crippen LogP contribution in [0, 0.1) is 0 Å². The zero-order valence-electron chi connectivity index (χ0n) is 24.1. The van der Waals surface area contributed by atoms with Gasteiger partial charge in [0, 0.05) is 42.5 Å². The first-order valence-corrected chi connectivity index (χ1v) is 16.2. The molecule has 0 radical (unpaired) electrons. The highest BCUT2D eigenvalue weighted by molar-refractivity contribution is 8.25. The third-order valence-electron chi connectivity index (χ3n) is 7.17. The molecule has 1 fully saturated rings. The average molecular weight is 617 g/mol. The molecule has 0 spiro atoms. The van der Waals surface area contributed by atoms with Gasteiger partial charge in [0.05, 0.1) is 30.7 Å².